The Morgan fingerprint density at radius 2 is 1.88 bits per heavy atom. The van der Waals surface area contributed by atoms with Gasteiger partial charge in [0.1, 0.15) is 25.2 Å². The van der Waals surface area contributed by atoms with Gasteiger partial charge in [-0.15, -0.1) is 0 Å². The van der Waals surface area contributed by atoms with Gasteiger partial charge >= 0.3 is 5.97 Å². The van der Waals surface area contributed by atoms with Crippen molar-refractivity contribution in [3.63, 3.8) is 0 Å². The number of rotatable bonds is 5. The number of carbonyl (C=O) groups excluding carboxylic acids is 2. The molecule has 3 rings (SSSR count). The summed E-state index contributed by atoms with van der Waals surface area (Å²) >= 11 is 0. The summed E-state index contributed by atoms with van der Waals surface area (Å²) in [5.74, 6) is -0.115. The van der Waals surface area contributed by atoms with Crippen molar-refractivity contribution in [2.24, 2.45) is 0 Å². The Bertz CT molecular complexity index is 682. The van der Waals surface area contributed by atoms with Gasteiger partial charge in [-0.2, -0.15) is 0 Å². The third kappa shape index (κ3) is 4.19. The van der Waals surface area contributed by atoms with Crippen molar-refractivity contribution in [1.82, 2.24) is 4.90 Å². The number of ether oxygens (including phenoxy) is 4. The third-order valence-corrected chi connectivity index (χ3v) is 4.24. The Morgan fingerprint density at radius 1 is 1.12 bits per heavy atom. The Kier molecular flexibility index (Phi) is 5.83. The first-order chi connectivity index (χ1) is 12.7. The minimum Gasteiger partial charge on any atom is -0.495 e. The molecular formula is C18H22N2O6. The van der Waals surface area contributed by atoms with Crippen LogP contribution in [0.3, 0.4) is 0 Å². The van der Waals surface area contributed by atoms with Gasteiger partial charge in [-0.3, -0.25) is 4.79 Å². The lowest BCUT2D eigenvalue weighted by molar-refractivity contribution is -0.152. The second-order valence-corrected chi connectivity index (χ2v) is 5.82. The number of piperazine rings is 1. The fourth-order valence-corrected chi connectivity index (χ4v) is 2.85. The summed E-state index contributed by atoms with van der Waals surface area (Å²) < 4.78 is 20.5. The second-order valence-electron chi connectivity index (χ2n) is 5.82. The lowest BCUT2D eigenvalue weighted by atomic mass is 10.2. The Morgan fingerprint density at radius 3 is 2.58 bits per heavy atom. The normalized spacial score (nSPS) is 16.9. The van der Waals surface area contributed by atoms with Crippen molar-refractivity contribution in [3.8, 4) is 5.75 Å². The number of carbonyl (C=O) groups is 2. The number of hydrogen-bond donors (Lipinski definition) is 0. The van der Waals surface area contributed by atoms with E-state index in [1.54, 1.807) is 12.0 Å². The zero-order valence-corrected chi connectivity index (χ0v) is 14.7. The Balaban J connectivity index is 1.47. The van der Waals surface area contributed by atoms with Gasteiger partial charge in [-0.25, -0.2) is 4.79 Å². The lowest BCUT2D eigenvalue weighted by Gasteiger charge is -2.36. The van der Waals surface area contributed by atoms with E-state index in [0.29, 0.717) is 39.4 Å². The van der Waals surface area contributed by atoms with Crippen LogP contribution in [-0.4, -0.2) is 69.9 Å². The molecule has 0 unspecified atom stereocenters. The molecule has 0 bridgehead atoms. The molecular weight excluding hydrogens is 340 g/mol. The van der Waals surface area contributed by atoms with Crippen molar-refractivity contribution < 1.29 is 28.5 Å². The van der Waals surface area contributed by atoms with Crippen LogP contribution in [0.25, 0.3) is 0 Å². The minimum absolute atomic E-state index is 0.00922. The van der Waals surface area contributed by atoms with Crippen LogP contribution < -0.4 is 9.64 Å². The molecule has 0 N–H and O–H groups in total. The largest absolute Gasteiger partial charge is 0.495 e. The van der Waals surface area contributed by atoms with Gasteiger partial charge < -0.3 is 28.7 Å². The first-order valence-electron chi connectivity index (χ1n) is 8.46. The van der Waals surface area contributed by atoms with Gasteiger partial charge in [-0.1, -0.05) is 12.1 Å². The first-order valence-corrected chi connectivity index (χ1v) is 8.46. The van der Waals surface area contributed by atoms with E-state index in [4.69, 9.17) is 18.9 Å². The van der Waals surface area contributed by atoms with E-state index >= 15 is 0 Å². The van der Waals surface area contributed by atoms with E-state index in [9.17, 15) is 9.59 Å². The molecule has 0 radical (unpaired) electrons. The molecule has 0 spiro atoms. The molecule has 8 heteroatoms. The highest BCUT2D eigenvalue weighted by atomic mass is 16.6. The predicted molar refractivity (Wildman–Crippen MR) is 92.7 cm³/mol. The summed E-state index contributed by atoms with van der Waals surface area (Å²) in [7, 11) is 1.64. The van der Waals surface area contributed by atoms with Crippen LogP contribution in [0.5, 0.6) is 5.75 Å². The summed E-state index contributed by atoms with van der Waals surface area (Å²) in [6, 6.07) is 7.80. The highest BCUT2D eigenvalue weighted by Gasteiger charge is 2.24. The van der Waals surface area contributed by atoms with Gasteiger partial charge in [0.05, 0.1) is 12.8 Å². The molecule has 8 nitrogen and oxygen atoms in total. The van der Waals surface area contributed by atoms with E-state index in [-0.39, 0.29) is 18.3 Å². The van der Waals surface area contributed by atoms with Crippen molar-refractivity contribution in [2.45, 2.75) is 0 Å². The SMILES string of the molecule is COc1ccccc1N1CCN(C(=O)COC(=O)C2=COCCO2)CC1. The molecule has 2 aliphatic heterocycles. The average molecular weight is 362 g/mol. The number of methoxy groups -OCH3 is 1. The lowest BCUT2D eigenvalue weighted by Crippen LogP contribution is -2.50. The number of esters is 1. The number of amides is 1. The van der Waals surface area contributed by atoms with E-state index < -0.39 is 5.97 Å². The molecule has 1 saturated heterocycles. The maximum atomic E-state index is 12.3. The van der Waals surface area contributed by atoms with Crippen molar-refractivity contribution in [1.29, 1.82) is 0 Å². The van der Waals surface area contributed by atoms with E-state index in [2.05, 4.69) is 4.90 Å². The van der Waals surface area contributed by atoms with Crippen LogP contribution in [0.15, 0.2) is 36.3 Å². The van der Waals surface area contributed by atoms with Gasteiger partial charge in [0.2, 0.25) is 5.76 Å². The third-order valence-electron chi connectivity index (χ3n) is 4.24. The summed E-state index contributed by atoms with van der Waals surface area (Å²) in [6.45, 7) is 2.85. The molecule has 2 heterocycles. The number of benzene rings is 1. The highest BCUT2D eigenvalue weighted by molar-refractivity contribution is 5.88. The second kappa shape index (κ2) is 8.46. The molecule has 0 aromatic heterocycles. The van der Waals surface area contributed by atoms with Crippen LogP contribution in [-0.2, 0) is 23.8 Å². The zero-order valence-electron chi connectivity index (χ0n) is 14.7. The van der Waals surface area contributed by atoms with Gasteiger partial charge in [-0.05, 0) is 12.1 Å². The van der Waals surface area contributed by atoms with Crippen molar-refractivity contribution in [2.75, 3.05) is 58.0 Å². The Hall–Kier alpha value is -2.90. The topological polar surface area (TPSA) is 77.5 Å². The Labute approximate surface area is 151 Å². The van der Waals surface area contributed by atoms with Crippen LogP contribution in [0.1, 0.15) is 0 Å². The number of para-hydroxylation sites is 2. The van der Waals surface area contributed by atoms with Crippen LogP contribution in [0, 0.1) is 0 Å². The molecule has 0 aliphatic carbocycles. The van der Waals surface area contributed by atoms with Gasteiger partial charge in [0.15, 0.2) is 6.61 Å². The zero-order chi connectivity index (χ0) is 18.4. The van der Waals surface area contributed by atoms with Gasteiger partial charge in [0.25, 0.3) is 5.91 Å². The van der Waals surface area contributed by atoms with Crippen molar-refractivity contribution in [3.05, 3.63) is 36.3 Å². The van der Waals surface area contributed by atoms with E-state index in [0.717, 1.165) is 11.4 Å². The molecule has 2 aliphatic rings. The molecule has 0 atom stereocenters. The molecule has 140 valence electrons. The van der Waals surface area contributed by atoms with Crippen LogP contribution >= 0.6 is 0 Å². The minimum atomic E-state index is -0.689. The van der Waals surface area contributed by atoms with Gasteiger partial charge in [0, 0.05) is 26.2 Å². The number of hydrogen-bond acceptors (Lipinski definition) is 7. The predicted octanol–water partition coefficient (Wildman–Crippen LogP) is 0.775. The molecule has 1 fully saturated rings. The summed E-state index contributed by atoms with van der Waals surface area (Å²) in [6.07, 6.45) is 1.21. The molecule has 26 heavy (non-hydrogen) atoms. The maximum absolute atomic E-state index is 12.3. The summed E-state index contributed by atoms with van der Waals surface area (Å²) in [5, 5.41) is 0. The fraction of sp³-hybridized carbons (Fsp3) is 0.444. The fourth-order valence-electron chi connectivity index (χ4n) is 2.85. The highest BCUT2D eigenvalue weighted by Crippen LogP contribution is 2.28. The maximum Gasteiger partial charge on any atom is 0.377 e. The number of nitrogens with zero attached hydrogens (tertiary/aromatic N) is 2. The molecule has 1 aromatic rings. The van der Waals surface area contributed by atoms with E-state index in [1.165, 1.54) is 6.26 Å². The molecule has 1 amide bonds. The quantitative estimate of drug-likeness (QED) is 0.716. The smallest absolute Gasteiger partial charge is 0.377 e. The standard InChI is InChI=1S/C18H22N2O6/c1-23-15-5-3-2-4-14(15)19-6-8-20(9-7-19)17(21)13-26-18(22)16-12-24-10-11-25-16/h2-5,12H,6-11,13H2,1H3. The first kappa shape index (κ1) is 17.9. The molecule has 0 saturated carbocycles. The summed E-state index contributed by atoms with van der Waals surface area (Å²) in [4.78, 5) is 27.9. The summed E-state index contributed by atoms with van der Waals surface area (Å²) in [5.41, 5.74) is 1.01. The average Bonchev–Trinajstić information content (AvgIpc) is 2.72. The van der Waals surface area contributed by atoms with Crippen molar-refractivity contribution >= 4 is 17.6 Å². The van der Waals surface area contributed by atoms with Crippen LogP contribution in [0.4, 0.5) is 5.69 Å². The number of anilines is 1. The molecule has 1 aromatic carbocycles. The monoisotopic (exact) mass is 362 g/mol. The van der Waals surface area contributed by atoms with E-state index in [1.807, 2.05) is 24.3 Å². The van der Waals surface area contributed by atoms with Crippen LogP contribution in [0.2, 0.25) is 0 Å².